The standard InChI is InChI=1S/C16H21N3O2/c1-4-18(13-6-5-7-14(20)9-13)16(21)15-8-12(17)10-19(15)11(2)3/h5-11,20H,4,17H2,1-3H3. The average Bonchev–Trinajstić information content (AvgIpc) is 2.82. The molecule has 0 radical (unpaired) electrons. The summed E-state index contributed by atoms with van der Waals surface area (Å²) in [5.74, 6) is 0.00556. The van der Waals surface area contributed by atoms with Gasteiger partial charge in [0.2, 0.25) is 0 Å². The zero-order valence-electron chi connectivity index (χ0n) is 12.6. The van der Waals surface area contributed by atoms with Crippen LogP contribution in [-0.2, 0) is 0 Å². The maximum Gasteiger partial charge on any atom is 0.274 e. The molecule has 1 amide bonds. The highest BCUT2D eigenvalue weighted by Crippen LogP contribution is 2.24. The van der Waals surface area contributed by atoms with E-state index >= 15 is 0 Å². The van der Waals surface area contributed by atoms with Crippen LogP contribution in [0.25, 0.3) is 0 Å². The highest BCUT2D eigenvalue weighted by Gasteiger charge is 2.21. The first-order chi connectivity index (χ1) is 9.93. The lowest BCUT2D eigenvalue weighted by Crippen LogP contribution is -2.32. The number of phenolic OH excluding ortho intramolecular Hbond substituents is 1. The first-order valence-electron chi connectivity index (χ1n) is 7.02. The normalized spacial score (nSPS) is 10.9. The number of carbonyl (C=O) groups is 1. The molecule has 0 bridgehead atoms. The molecule has 0 unspecified atom stereocenters. The lowest BCUT2D eigenvalue weighted by Gasteiger charge is -2.23. The molecule has 0 atom stereocenters. The van der Waals surface area contributed by atoms with Crippen LogP contribution in [0.2, 0.25) is 0 Å². The van der Waals surface area contributed by atoms with Gasteiger partial charge in [0.05, 0.1) is 5.69 Å². The maximum absolute atomic E-state index is 12.8. The van der Waals surface area contributed by atoms with Crippen molar-refractivity contribution in [3.05, 3.63) is 42.2 Å². The molecule has 2 rings (SSSR count). The van der Waals surface area contributed by atoms with Crippen molar-refractivity contribution < 1.29 is 9.90 Å². The lowest BCUT2D eigenvalue weighted by molar-refractivity contribution is 0.0978. The number of phenols is 1. The molecule has 0 aliphatic carbocycles. The number of rotatable bonds is 4. The zero-order chi connectivity index (χ0) is 15.6. The molecule has 0 saturated heterocycles. The summed E-state index contributed by atoms with van der Waals surface area (Å²) in [5.41, 5.74) is 7.61. The van der Waals surface area contributed by atoms with Crippen LogP contribution < -0.4 is 10.6 Å². The van der Waals surface area contributed by atoms with E-state index in [4.69, 9.17) is 5.73 Å². The van der Waals surface area contributed by atoms with E-state index < -0.39 is 0 Å². The topological polar surface area (TPSA) is 71.5 Å². The Kier molecular flexibility index (Phi) is 4.21. The average molecular weight is 287 g/mol. The molecule has 2 aromatic rings. The van der Waals surface area contributed by atoms with Crippen molar-refractivity contribution in [3.8, 4) is 5.75 Å². The van der Waals surface area contributed by atoms with Crippen molar-refractivity contribution in [2.24, 2.45) is 0 Å². The number of amides is 1. The van der Waals surface area contributed by atoms with Gasteiger partial charge in [-0.3, -0.25) is 4.79 Å². The van der Waals surface area contributed by atoms with Crippen LogP contribution in [0.4, 0.5) is 11.4 Å². The molecule has 5 heteroatoms. The van der Waals surface area contributed by atoms with Gasteiger partial charge in [-0.1, -0.05) is 6.07 Å². The summed E-state index contributed by atoms with van der Waals surface area (Å²) in [5, 5.41) is 9.59. The second-order valence-electron chi connectivity index (χ2n) is 5.23. The Bertz CT molecular complexity index is 647. The predicted molar refractivity (Wildman–Crippen MR) is 84.7 cm³/mol. The van der Waals surface area contributed by atoms with Crippen molar-refractivity contribution >= 4 is 17.3 Å². The van der Waals surface area contributed by atoms with Gasteiger partial charge in [0.15, 0.2) is 0 Å². The van der Waals surface area contributed by atoms with Crippen LogP contribution in [0, 0.1) is 0 Å². The van der Waals surface area contributed by atoms with E-state index in [0.717, 1.165) is 0 Å². The number of hydrogen-bond donors (Lipinski definition) is 2. The highest BCUT2D eigenvalue weighted by molar-refractivity contribution is 6.05. The number of aromatic nitrogens is 1. The molecule has 112 valence electrons. The van der Waals surface area contributed by atoms with Crippen molar-refractivity contribution in [1.29, 1.82) is 0 Å². The molecule has 0 fully saturated rings. The minimum Gasteiger partial charge on any atom is -0.508 e. The Morgan fingerprint density at radius 3 is 2.67 bits per heavy atom. The fourth-order valence-electron chi connectivity index (χ4n) is 2.34. The number of nitrogens with two attached hydrogens (primary N) is 1. The number of nitrogens with zero attached hydrogens (tertiary/aromatic N) is 2. The van der Waals surface area contributed by atoms with Crippen LogP contribution in [0.1, 0.15) is 37.3 Å². The molecule has 5 nitrogen and oxygen atoms in total. The number of aromatic hydroxyl groups is 1. The fourth-order valence-corrected chi connectivity index (χ4v) is 2.34. The molecule has 0 aliphatic rings. The van der Waals surface area contributed by atoms with Crippen LogP contribution in [-0.4, -0.2) is 22.1 Å². The van der Waals surface area contributed by atoms with Crippen LogP contribution in [0.3, 0.4) is 0 Å². The highest BCUT2D eigenvalue weighted by atomic mass is 16.3. The Labute approximate surface area is 124 Å². The van der Waals surface area contributed by atoms with Crippen molar-refractivity contribution in [1.82, 2.24) is 4.57 Å². The monoisotopic (exact) mass is 287 g/mol. The molecular formula is C16H21N3O2. The van der Waals surface area contributed by atoms with Crippen LogP contribution >= 0.6 is 0 Å². The minimum absolute atomic E-state index is 0.131. The maximum atomic E-state index is 12.8. The molecule has 21 heavy (non-hydrogen) atoms. The van der Waals surface area contributed by atoms with Gasteiger partial charge in [-0.15, -0.1) is 0 Å². The van der Waals surface area contributed by atoms with E-state index in [0.29, 0.717) is 23.6 Å². The molecule has 0 aliphatic heterocycles. The van der Waals surface area contributed by atoms with Crippen molar-refractivity contribution in [2.75, 3.05) is 17.2 Å². The third kappa shape index (κ3) is 3.02. The summed E-state index contributed by atoms with van der Waals surface area (Å²) in [4.78, 5) is 14.4. The Hall–Kier alpha value is -2.43. The Morgan fingerprint density at radius 1 is 1.38 bits per heavy atom. The van der Waals surface area contributed by atoms with Crippen molar-refractivity contribution in [3.63, 3.8) is 0 Å². The van der Waals surface area contributed by atoms with Gasteiger partial charge < -0.3 is 20.3 Å². The van der Waals surface area contributed by atoms with Gasteiger partial charge in [0.25, 0.3) is 5.91 Å². The van der Waals surface area contributed by atoms with E-state index in [-0.39, 0.29) is 17.7 Å². The SMILES string of the molecule is CCN(C(=O)c1cc(N)cn1C(C)C)c1cccc(O)c1. The fraction of sp³-hybridized carbons (Fsp3) is 0.312. The lowest BCUT2D eigenvalue weighted by atomic mass is 10.2. The van der Waals surface area contributed by atoms with E-state index in [1.54, 1.807) is 41.4 Å². The number of anilines is 2. The molecule has 3 N–H and O–H groups in total. The van der Waals surface area contributed by atoms with Gasteiger partial charge in [0, 0.05) is 30.5 Å². The molecular weight excluding hydrogens is 266 g/mol. The van der Waals surface area contributed by atoms with Gasteiger partial charge in [-0.05, 0) is 39.0 Å². The Balaban J connectivity index is 2.41. The molecule has 0 saturated carbocycles. The van der Waals surface area contributed by atoms with E-state index in [2.05, 4.69) is 0 Å². The minimum atomic E-state index is -0.131. The summed E-state index contributed by atoms with van der Waals surface area (Å²) >= 11 is 0. The molecule has 0 spiro atoms. The molecule has 1 aromatic heterocycles. The number of nitrogen functional groups attached to an aromatic ring is 1. The first-order valence-corrected chi connectivity index (χ1v) is 7.02. The summed E-state index contributed by atoms with van der Waals surface area (Å²) in [6.07, 6.45) is 1.77. The zero-order valence-corrected chi connectivity index (χ0v) is 12.6. The number of benzene rings is 1. The van der Waals surface area contributed by atoms with Crippen LogP contribution in [0.15, 0.2) is 36.5 Å². The quantitative estimate of drug-likeness (QED) is 0.908. The third-order valence-electron chi connectivity index (χ3n) is 3.35. The van der Waals surface area contributed by atoms with E-state index in [1.165, 1.54) is 0 Å². The van der Waals surface area contributed by atoms with Crippen LogP contribution in [0.5, 0.6) is 5.75 Å². The molecule has 1 heterocycles. The largest absolute Gasteiger partial charge is 0.508 e. The van der Waals surface area contributed by atoms with E-state index in [9.17, 15) is 9.90 Å². The smallest absolute Gasteiger partial charge is 0.274 e. The number of hydrogen-bond acceptors (Lipinski definition) is 3. The van der Waals surface area contributed by atoms with Crippen molar-refractivity contribution in [2.45, 2.75) is 26.8 Å². The van der Waals surface area contributed by atoms with Gasteiger partial charge in [0.1, 0.15) is 11.4 Å². The van der Waals surface area contributed by atoms with Gasteiger partial charge >= 0.3 is 0 Å². The predicted octanol–water partition coefficient (Wildman–Crippen LogP) is 3.02. The summed E-state index contributed by atoms with van der Waals surface area (Å²) in [6.45, 7) is 6.40. The summed E-state index contributed by atoms with van der Waals surface area (Å²) < 4.78 is 1.86. The van der Waals surface area contributed by atoms with Gasteiger partial charge in [-0.2, -0.15) is 0 Å². The second kappa shape index (κ2) is 5.91. The Morgan fingerprint density at radius 2 is 2.10 bits per heavy atom. The van der Waals surface area contributed by atoms with Gasteiger partial charge in [-0.25, -0.2) is 0 Å². The number of carbonyl (C=O) groups excluding carboxylic acids is 1. The first kappa shape index (κ1) is 15.0. The second-order valence-corrected chi connectivity index (χ2v) is 5.23. The summed E-state index contributed by atoms with van der Waals surface area (Å²) in [7, 11) is 0. The molecule has 1 aromatic carbocycles. The summed E-state index contributed by atoms with van der Waals surface area (Å²) in [6, 6.07) is 8.51. The third-order valence-corrected chi connectivity index (χ3v) is 3.35. The van der Waals surface area contributed by atoms with E-state index in [1.807, 2.05) is 25.3 Å².